The van der Waals surface area contributed by atoms with E-state index in [4.69, 9.17) is 0 Å². The quantitative estimate of drug-likeness (QED) is 0.685. The summed E-state index contributed by atoms with van der Waals surface area (Å²) >= 11 is 5.34. The first-order valence-electron chi connectivity index (χ1n) is 6.33. The van der Waals surface area contributed by atoms with Gasteiger partial charge in [-0.15, -0.1) is 10.2 Å². The zero-order valence-corrected chi connectivity index (χ0v) is 15.0. The van der Waals surface area contributed by atoms with Gasteiger partial charge in [0.1, 0.15) is 0 Å². The summed E-state index contributed by atoms with van der Waals surface area (Å²) in [6.45, 7) is 6.58. The molecule has 0 amide bonds. The van der Waals surface area contributed by atoms with E-state index < -0.39 is 0 Å². The highest BCUT2D eigenvalue weighted by Crippen LogP contribution is 2.33. The van der Waals surface area contributed by atoms with E-state index in [-0.39, 0.29) is 0 Å². The van der Waals surface area contributed by atoms with E-state index in [9.17, 15) is 0 Å². The Morgan fingerprint density at radius 2 is 1.26 bits per heavy atom. The summed E-state index contributed by atoms with van der Waals surface area (Å²) in [6.07, 6.45) is 0. The van der Waals surface area contributed by atoms with Crippen LogP contribution in [0.4, 0.5) is 0 Å². The number of hydrogen-bond acceptors (Lipinski definition) is 7. The molecule has 0 aliphatic heterocycles. The Labute approximate surface area is 129 Å². The van der Waals surface area contributed by atoms with Crippen LogP contribution >= 0.6 is 34.9 Å². The Kier molecular flexibility index (Phi) is 7.68. The lowest BCUT2D eigenvalue weighted by Gasteiger charge is -2.14. The highest BCUT2D eigenvalue weighted by molar-refractivity contribution is 8.03. The zero-order chi connectivity index (χ0) is 14.4. The fourth-order valence-corrected chi connectivity index (χ4v) is 5.66. The van der Waals surface area contributed by atoms with Gasteiger partial charge in [-0.3, -0.25) is 0 Å². The van der Waals surface area contributed by atoms with Gasteiger partial charge >= 0.3 is 0 Å². The molecule has 0 radical (unpaired) electrons. The fraction of sp³-hybridized carbons (Fsp3) is 0.833. The van der Waals surface area contributed by atoms with Gasteiger partial charge in [0.2, 0.25) is 0 Å². The van der Waals surface area contributed by atoms with Crippen molar-refractivity contribution in [1.29, 1.82) is 0 Å². The van der Waals surface area contributed by atoms with E-state index in [1.165, 1.54) is 0 Å². The van der Waals surface area contributed by atoms with Crippen LogP contribution in [0.2, 0.25) is 0 Å². The first-order chi connectivity index (χ1) is 8.86. The lowest BCUT2D eigenvalue weighted by atomic mass is 10.4. The van der Waals surface area contributed by atoms with Gasteiger partial charge in [0.15, 0.2) is 8.68 Å². The van der Waals surface area contributed by atoms with Crippen LogP contribution in [0.5, 0.6) is 0 Å². The third-order valence-corrected chi connectivity index (χ3v) is 5.50. The minimum Gasteiger partial charge on any atom is -0.308 e. The molecular weight excluding hydrogens is 296 g/mol. The van der Waals surface area contributed by atoms with Gasteiger partial charge in [0.05, 0.1) is 0 Å². The molecule has 110 valence electrons. The summed E-state index contributed by atoms with van der Waals surface area (Å²) in [5.74, 6) is 0. The van der Waals surface area contributed by atoms with Crippen molar-refractivity contribution < 1.29 is 0 Å². The molecule has 0 aliphatic rings. The topological polar surface area (TPSA) is 32.3 Å². The molecule has 19 heavy (non-hydrogen) atoms. The number of nitrogens with zero attached hydrogens (tertiary/aromatic N) is 4. The van der Waals surface area contributed by atoms with Gasteiger partial charge in [-0.1, -0.05) is 48.7 Å². The maximum absolute atomic E-state index is 4.27. The van der Waals surface area contributed by atoms with Crippen LogP contribution in [-0.2, 0) is 0 Å². The third kappa shape index (κ3) is 7.51. The molecule has 1 aromatic heterocycles. The van der Waals surface area contributed by atoms with Gasteiger partial charge in [-0.25, -0.2) is 0 Å². The summed E-state index contributed by atoms with van der Waals surface area (Å²) in [5, 5.41) is 9.63. The van der Waals surface area contributed by atoms with Crippen molar-refractivity contribution in [2.45, 2.75) is 33.0 Å². The normalized spacial score (nSPS) is 15.2. The summed E-state index contributed by atoms with van der Waals surface area (Å²) in [6, 6.07) is 0. The van der Waals surface area contributed by atoms with Crippen molar-refractivity contribution in [3.05, 3.63) is 0 Å². The molecule has 0 spiro atoms. The van der Waals surface area contributed by atoms with Gasteiger partial charge in [-0.2, -0.15) is 0 Å². The Morgan fingerprint density at radius 3 is 1.58 bits per heavy atom. The van der Waals surface area contributed by atoms with Crippen LogP contribution in [0.1, 0.15) is 13.8 Å². The standard InChI is InChI=1S/C12H24N4S3/c1-9(7-15(3)4)17-11-13-14-12(19-11)18-10(2)8-16(5)6/h9-10H,7-8H2,1-6H3/t9-,10+. The van der Waals surface area contributed by atoms with Gasteiger partial charge in [-0.05, 0) is 28.2 Å². The fourth-order valence-electron chi connectivity index (χ4n) is 1.74. The number of rotatable bonds is 8. The molecule has 4 nitrogen and oxygen atoms in total. The molecule has 1 heterocycles. The van der Waals surface area contributed by atoms with Crippen molar-refractivity contribution in [2.24, 2.45) is 0 Å². The molecule has 0 saturated carbocycles. The van der Waals surface area contributed by atoms with E-state index in [1.54, 1.807) is 11.3 Å². The van der Waals surface area contributed by atoms with Crippen molar-refractivity contribution in [1.82, 2.24) is 20.0 Å². The van der Waals surface area contributed by atoms with Crippen molar-refractivity contribution in [3.8, 4) is 0 Å². The second-order valence-corrected chi connectivity index (χ2v) is 9.56. The summed E-state index contributed by atoms with van der Waals surface area (Å²) in [4.78, 5) is 4.40. The molecule has 0 unspecified atom stereocenters. The lowest BCUT2D eigenvalue weighted by molar-refractivity contribution is 0.413. The molecule has 1 aromatic rings. The SMILES string of the molecule is C[C@H](CN(C)C)Sc1nnc(S[C@@H](C)CN(C)C)s1. The lowest BCUT2D eigenvalue weighted by Crippen LogP contribution is -2.21. The average molecular weight is 321 g/mol. The minimum absolute atomic E-state index is 0.542. The third-order valence-electron chi connectivity index (χ3n) is 2.24. The monoisotopic (exact) mass is 320 g/mol. The van der Waals surface area contributed by atoms with E-state index >= 15 is 0 Å². The molecule has 0 aromatic carbocycles. The van der Waals surface area contributed by atoms with E-state index in [1.807, 2.05) is 23.5 Å². The van der Waals surface area contributed by atoms with Crippen LogP contribution in [0.15, 0.2) is 8.68 Å². The van der Waals surface area contributed by atoms with Crippen LogP contribution in [0.25, 0.3) is 0 Å². The van der Waals surface area contributed by atoms with Gasteiger partial charge < -0.3 is 9.80 Å². The smallest absolute Gasteiger partial charge is 0.175 e. The highest BCUT2D eigenvalue weighted by atomic mass is 32.2. The van der Waals surface area contributed by atoms with Crippen LogP contribution < -0.4 is 0 Å². The van der Waals surface area contributed by atoms with Gasteiger partial charge in [0.25, 0.3) is 0 Å². The van der Waals surface area contributed by atoms with Crippen molar-refractivity contribution >= 4 is 34.9 Å². The summed E-state index contributed by atoms with van der Waals surface area (Å²) < 4.78 is 2.16. The number of aromatic nitrogens is 2. The molecule has 0 bridgehead atoms. The molecule has 7 heteroatoms. The molecule has 0 N–H and O–H groups in total. The largest absolute Gasteiger partial charge is 0.308 e. The predicted octanol–water partition coefficient (Wildman–Crippen LogP) is 2.62. The predicted molar refractivity (Wildman–Crippen MR) is 87.7 cm³/mol. The van der Waals surface area contributed by atoms with Crippen molar-refractivity contribution in [2.75, 3.05) is 41.3 Å². The van der Waals surface area contributed by atoms with Crippen LogP contribution in [0, 0.1) is 0 Å². The van der Waals surface area contributed by atoms with Crippen LogP contribution in [0.3, 0.4) is 0 Å². The van der Waals surface area contributed by atoms with E-state index in [2.05, 4.69) is 62.0 Å². The molecule has 2 atom stereocenters. The Morgan fingerprint density at radius 1 is 0.895 bits per heavy atom. The average Bonchev–Trinajstić information content (AvgIpc) is 2.62. The molecule has 0 fully saturated rings. The second kappa shape index (κ2) is 8.46. The Balaban J connectivity index is 2.43. The molecule has 1 rings (SSSR count). The Hall–Kier alpha value is 0.180. The zero-order valence-electron chi connectivity index (χ0n) is 12.6. The highest BCUT2D eigenvalue weighted by Gasteiger charge is 2.13. The minimum atomic E-state index is 0.542. The maximum Gasteiger partial charge on any atom is 0.175 e. The van der Waals surface area contributed by atoms with Gasteiger partial charge in [0, 0.05) is 23.6 Å². The first-order valence-corrected chi connectivity index (χ1v) is 8.90. The summed E-state index contributed by atoms with van der Waals surface area (Å²) in [5.41, 5.74) is 0. The maximum atomic E-state index is 4.27. The molecular formula is C12H24N4S3. The summed E-state index contributed by atoms with van der Waals surface area (Å²) in [7, 11) is 8.39. The second-order valence-electron chi connectivity index (χ2n) is 5.22. The van der Waals surface area contributed by atoms with E-state index in [0.29, 0.717) is 10.5 Å². The number of hydrogen-bond donors (Lipinski definition) is 0. The number of thioether (sulfide) groups is 2. The Bertz CT molecular complexity index is 335. The molecule has 0 aliphatic carbocycles. The van der Waals surface area contributed by atoms with Crippen molar-refractivity contribution in [3.63, 3.8) is 0 Å². The molecule has 0 saturated heterocycles. The van der Waals surface area contributed by atoms with Crippen LogP contribution in [-0.4, -0.2) is 71.8 Å². The first kappa shape index (κ1) is 17.2. The van der Waals surface area contributed by atoms with E-state index in [0.717, 1.165) is 21.8 Å².